The van der Waals surface area contributed by atoms with Crippen molar-refractivity contribution < 1.29 is 68.4 Å². The van der Waals surface area contributed by atoms with Gasteiger partial charge in [0.05, 0.1) is 29.1 Å². The van der Waals surface area contributed by atoms with E-state index >= 15 is 0 Å². The summed E-state index contributed by atoms with van der Waals surface area (Å²) in [6, 6.07) is -0.275. The van der Waals surface area contributed by atoms with E-state index in [1.165, 1.54) is 13.8 Å². The number of aliphatic hydroxyl groups excluding tert-OH is 1. The third-order valence-electron chi connectivity index (χ3n) is 16.1. The van der Waals surface area contributed by atoms with Gasteiger partial charge in [0, 0.05) is 50.2 Å². The number of nitrogens with zero attached hydrogens (tertiary/aromatic N) is 1. The molecule has 19 atom stereocenters. The fourth-order valence-corrected chi connectivity index (χ4v) is 13.1. The van der Waals surface area contributed by atoms with Crippen molar-refractivity contribution in [2.24, 2.45) is 46.8 Å². The van der Waals surface area contributed by atoms with Crippen molar-refractivity contribution in [3.8, 4) is 0 Å². The maximum atomic E-state index is 13.7. The van der Waals surface area contributed by atoms with Crippen molar-refractivity contribution >= 4 is 23.9 Å². The lowest BCUT2D eigenvalue weighted by molar-refractivity contribution is -0.301. The smallest absolute Gasteiger partial charge is 0.342 e. The third kappa shape index (κ3) is 5.67. The summed E-state index contributed by atoms with van der Waals surface area (Å²) in [5.41, 5.74) is -8.17. The van der Waals surface area contributed by atoms with E-state index < -0.39 is 124 Å². The molecule has 15 heteroatoms. The minimum Gasteiger partial charge on any atom is -0.462 e. The molecule has 4 saturated carbocycles. The van der Waals surface area contributed by atoms with Gasteiger partial charge in [0.15, 0.2) is 17.8 Å². The Morgan fingerprint density at radius 3 is 2.29 bits per heavy atom. The zero-order valence-electron chi connectivity index (χ0n) is 34.2. The van der Waals surface area contributed by atoms with Gasteiger partial charge in [0.1, 0.15) is 17.8 Å². The third-order valence-corrected chi connectivity index (χ3v) is 16.1. The Balaban J connectivity index is 1.35. The van der Waals surface area contributed by atoms with E-state index in [4.69, 9.17) is 23.7 Å². The molecule has 15 nitrogen and oxygen atoms in total. The van der Waals surface area contributed by atoms with E-state index in [2.05, 4.69) is 11.8 Å². The summed E-state index contributed by atoms with van der Waals surface area (Å²) in [5.74, 6) is -9.57. The predicted molar refractivity (Wildman–Crippen MR) is 195 cm³/mol. The van der Waals surface area contributed by atoms with E-state index in [1.807, 2.05) is 13.8 Å². The Hall–Kier alpha value is -2.40. The lowest BCUT2D eigenvalue weighted by atomic mass is 9.49. The highest BCUT2D eigenvalue weighted by Gasteiger charge is 2.88. The number of hydrogen-bond acceptors (Lipinski definition) is 15. The number of fused-ring (bicyclic) bond motifs is 5. The summed E-state index contributed by atoms with van der Waals surface area (Å²) >= 11 is 0. The first kappa shape index (κ1) is 41.7. The molecule has 56 heavy (non-hydrogen) atoms. The molecule has 0 unspecified atom stereocenters. The Kier molecular flexibility index (Phi) is 10.1. The van der Waals surface area contributed by atoms with Crippen molar-refractivity contribution in [1.82, 2.24) is 4.90 Å². The highest BCUT2D eigenvalue weighted by molar-refractivity contribution is 5.80. The molecule has 3 saturated heterocycles. The van der Waals surface area contributed by atoms with Crippen LogP contribution in [-0.2, 0) is 42.9 Å². The summed E-state index contributed by atoms with van der Waals surface area (Å²) in [7, 11) is 0. The van der Waals surface area contributed by atoms with Crippen molar-refractivity contribution in [2.75, 3.05) is 13.1 Å². The number of carbonyl (C=O) groups is 4. The monoisotopic (exact) mass is 793 g/mol. The molecule has 316 valence electrons. The molecule has 5 N–H and O–H groups in total. The lowest BCUT2D eigenvalue weighted by Crippen LogP contribution is -2.77. The maximum absolute atomic E-state index is 13.7. The average molecular weight is 794 g/mol. The van der Waals surface area contributed by atoms with Crippen molar-refractivity contribution in [2.45, 2.75) is 172 Å². The Labute approximate surface area is 328 Å². The van der Waals surface area contributed by atoms with Crippen LogP contribution in [0.25, 0.3) is 0 Å². The molecular weight excluding hydrogens is 730 g/mol. The molecule has 0 aromatic carbocycles. The van der Waals surface area contributed by atoms with Gasteiger partial charge >= 0.3 is 23.9 Å². The molecule has 7 aliphatic rings. The number of hydrogen-bond donors (Lipinski definition) is 5. The predicted octanol–water partition coefficient (Wildman–Crippen LogP) is 1.61. The van der Waals surface area contributed by atoms with E-state index in [0.717, 1.165) is 20.3 Å². The molecule has 3 aliphatic heterocycles. The Morgan fingerprint density at radius 2 is 1.66 bits per heavy atom. The number of piperidine rings is 2. The second-order valence-electron chi connectivity index (χ2n) is 19.3. The van der Waals surface area contributed by atoms with Crippen molar-refractivity contribution in [1.29, 1.82) is 0 Å². The van der Waals surface area contributed by atoms with Gasteiger partial charge in [-0.25, -0.2) is 4.79 Å². The molecule has 1 spiro atoms. The van der Waals surface area contributed by atoms with Crippen LogP contribution in [0.1, 0.15) is 107 Å². The molecule has 0 aromatic rings. The van der Waals surface area contributed by atoms with Gasteiger partial charge in [0.2, 0.25) is 5.79 Å². The standard InChI is InChI=1S/C41H63NO14/c1-10-20(3)34(46)55-33-31(45)30-24(18-42-17-19(2)11-12-28(42)38(30,9)49)25-16-39-32(40(25,33)50)26(53-23(6)44)15-27-36(39,7)14-13-29(41(27,51)56-39)54-35(47)37(8,48)21(4)52-22(5)43/h19-21,24-33,45,48-51H,10-18H2,1-9H3/t19-,20-,21-,24-,25-,26+,27-,28-,29-,30+,31+,32+,33-,36-,37+,38+,39+,40-,41-/m0/s1. The van der Waals surface area contributed by atoms with Gasteiger partial charge in [0.25, 0.3) is 0 Å². The van der Waals surface area contributed by atoms with Crippen LogP contribution in [0.4, 0.5) is 0 Å². The number of aliphatic hydroxyl groups is 5. The van der Waals surface area contributed by atoms with Crippen LogP contribution < -0.4 is 0 Å². The minimum atomic E-state index is -2.28. The fourth-order valence-electron chi connectivity index (χ4n) is 13.1. The maximum Gasteiger partial charge on any atom is 0.342 e. The van der Waals surface area contributed by atoms with Crippen LogP contribution in [0.15, 0.2) is 0 Å². The highest BCUT2D eigenvalue weighted by atomic mass is 16.7. The van der Waals surface area contributed by atoms with Crippen LogP contribution >= 0.6 is 0 Å². The van der Waals surface area contributed by atoms with Crippen LogP contribution in [0.3, 0.4) is 0 Å². The topological polar surface area (TPSA) is 219 Å². The normalized spacial score (nSPS) is 49.8. The molecule has 7 rings (SSSR count). The van der Waals surface area contributed by atoms with Gasteiger partial charge < -0.3 is 49.2 Å². The Morgan fingerprint density at radius 1 is 0.982 bits per heavy atom. The van der Waals surface area contributed by atoms with E-state index in [-0.39, 0.29) is 25.3 Å². The quantitative estimate of drug-likeness (QED) is 0.174. The van der Waals surface area contributed by atoms with Crippen LogP contribution in [-0.4, -0.2) is 132 Å². The van der Waals surface area contributed by atoms with E-state index in [1.54, 1.807) is 13.8 Å². The summed E-state index contributed by atoms with van der Waals surface area (Å²) in [6.45, 7) is 15.4. The molecule has 7 fully saturated rings. The lowest BCUT2D eigenvalue weighted by Gasteiger charge is -2.64. The zero-order valence-corrected chi connectivity index (χ0v) is 34.2. The molecule has 4 bridgehead atoms. The highest BCUT2D eigenvalue weighted by Crippen LogP contribution is 2.77. The first-order valence-corrected chi connectivity index (χ1v) is 20.7. The van der Waals surface area contributed by atoms with E-state index in [0.29, 0.717) is 38.3 Å². The first-order chi connectivity index (χ1) is 25.9. The SMILES string of the molecule is CC[C@H](C)C(=O)O[C@H]1[C@H](O)[C@H]2[C@@H](CN3C[C@@H](C)CC[C@H]3[C@@]2(C)O)[C@@H]2C[C@]34O[C@]5(O)[C@@H](OC(=O)[C@](C)(O)[C@H](C)OC(C)=O)CC[C@@]3(C)[C@@H]5C[C@@H](OC(C)=O)[C@H]4[C@@]21O. The van der Waals surface area contributed by atoms with Crippen LogP contribution in [0.5, 0.6) is 0 Å². The second-order valence-corrected chi connectivity index (χ2v) is 19.3. The van der Waals surface area contributed by atoms with Crippen LogP contribution in [0.2, 0.25) is 0 Å². The van der Waals surface area contributed by atoms with Crippen molar-refractivity contribution in [3.63, 3.8) is 0 Å². The number of esters is 4. The van der Waals surface area contributed by atoms with Gasteiger partial charge in [-0.05, 0) is 83.5 Å². The summed E-state index contributed by atoms with van der Waals surface area (Å²) in [4.78, 5) is 54.2. The van der Waals surface area contributed by atoms with Gasteiger partial charge in [-0.2, -0.15) is 0 Å². The fraction of sp³-hybridized carbons (Fsp3) is 0.902. The van der Waals surface area contributed by atoms with Gasteiger partial charge in [-0.1, -0.05) is 27.7 Å². The Bertz CT molecular complexity index is 1620. The second kappa shape index (κ2) is 13.6. The summed E-state index contributed by atoms with van der Waals surface area (Å²) in [6.07, 6.45) is -4.21. The molecule has 0 radical (unpaired) electrons. The number of ether oxygens (including phenoxy) is 5. The molecule has 0 amide bonds. The van der Waals surface area contributed by atoms with Crippen molar-refractivity contribution in [3.05, 3.63) is 0 Å². The zero-order chi connectivity index (χ0) is 41.3. The van der Waals surface area contributed by atoms with Gasteiger partial charge in [-0.15, -0.1) is 0 Å². The van der Waals surface area contributed by atoms with E-state index in [9.17, 15) is 44.7 Å². The van der Waals surface area contributed by atoms with Gasteiger partial charge in [-0.3, -0.25) is 19.3 Å². The van der Waals surface area contributed by atoms with Crippen LogP contribution in [0, 0.1) is 46.8 Å². The summed E-state index contributed by atoms with van der Waals surface area (Å²) < 4.78 is 30.3. The first-order valence-electron chi connectivity index (χ1n) is 20.7. The average Bonchev–Trinajstić information content (AvgIpc) is 3.37. The number of rotatable bonds is 8. The molecule has 4 aliphatic carbocycles. The molecule has 3 heterocycles. The summed E-state index contributed by atoms with van der Waals surface area (Å²) in [5, 5.41) is 62.8. The largest absolute Gasteiger partial charge is 0.462 e. The molecular formula is C41H63NO14. The molecule has 0 aromatic heterocycles. The number of carbonyl (C=O) groups excluding carboxylic acids is 4. The minimum absolute atomic E-state index is 0.0258.